The van der Waals surface area contributed by atoms with Crippen molar-refractivity contribution in [2.45, 2.75) is 24.9 Å². The Morgan fingerprint density at radius 1 is 1.50 bits per heavy atom. The lowest BCUT2D eigenvalue weighted by atomic mass is 10.2. The fourth-order valence-electron chi connectivity index (χ4n) is 1.50. The van der Waals surface area contributed by atoms with Gasteiger partial charge in [0.25, 0.3) is 0 Å². The number of nitrogens with one attached hydrogen (secondary N) is 1. The molecular formula is C8H14N2O5S. The van der Waals surface area contributed by atoms with Crippen molar-refractivity contribution >= 4 is 21.7 Å². The average molecular weight is 250 g/mol. The molecule has 0 radical (unpaired) electrons. The van der Waals surface area contributed by atoms with Crippen LogP contribution in [0.5, 0.6) is 0 Å². The van der Waals surface area contributed by atoms with Crippen LogP contribution in [0.15, 0.2) is 0 Å². The first-order chi connectivity index (χ1) is 7.30. The molecule has 1 rings (SSSR count). The van der Waals surface area contributed by atoms with Gasteiger partial charge in [0.05, 0.1) is 24.0 Å². The van der Waals surface area contributed by atoms with Gasteiger partial charge in [-0.3, -0.25) is 9.59 Å². The summed E-state index contributed by atoms with van der Waals surface area (Å²) in [6, 6.07) is -1.59. The largest absolute Gasteiger partial charge is 0.481 e. The second-order valence-electron chi connectivity index (χ2n) is 3.81. The van der Waals surface area contributed by atoms with Crippen LogP contribution in [-0.2, 0) is 19.4 Å². The molecule has 0 spiro atoms. The van der Waals surface area contributed by atoms with Gasteiger partial charge < -0.3 is 16.2 Å². The Bertz CT molecular complexity index is 391. The van der Waals surface area contributed by atoms with E-state index >= 15 is 0 Å². The molecule has 7 nitrogen and oxygen atoms in total. The van der Waals surface area contributed by atoms with Gasteiger partial charge in [0.15, 0.2) is 9.84 Å². The number of amides is 1. The number of carboxylic acid groups (broad SMARTS) is 1. The molecule has 1 aliphatic rings. The number of carbonyl (C=O) groups excluding carboxylic acids is 1. The molecule has 1 saturated heterocycles. The summed E-state index contributed by atoms with van der Waals surface area (Å²) >= 11 is 0. The Morgan fingerprint density at radius 2 is 2.12 bits per heavy atom. The molecule has 0 saturated carbocycles. The Hall–Kier alpha value is -1.15. The Kier molecular flexibility index (Phi) is 3.87. The van der Waals surface area contributed by atoms with Crippen LogP contribution in [0, 0.1) is 0 Å². The standard InChI is InChI=1S/C8H14N2O5S/c9-6(3-7(11)12)8(13)10-5-1-2-16(14,15)4-5/h5-6H,1-4,9H2,(H,10,13)(H,11,12). The van der Waals surface area contributed by atoms with Crippen LogP contribution in [0.25, 0.3) is 0 Å². The molecule has 16 heavy (non-hydrogen) atoms. The summed E-state index contributed by atoms with van der Waals surface area (Å²) in [7, 11) is -3.06. The van der Waals surface area contributed by atoms with Crippen LogP contribution >= 0.6 is 0 Å². The Morgan fingerprint density at radius 3 is 2.56 bits per heavy atom. The van der Waals surface area contributed by atoms with E-state index in [1.807, 2.05) is 0 Å². The highest BCUT2D eigenvalue weighted by atomic mass is 32.2. The molecule has 8 heteroatoms. The lowest BCUT2D eigenvalue weighted by molar-refractivity contribution is -0.139. The molecule has 1 fully saturated rings. The average Bonchev–Trinajstić information content (AvgIpc) is 2.44. The molecular weight excluding hydrogens is 236 g/mol. The van der Waals surface area contributed by atoms with E-state index in [-0.39, 0.29) is 11.5 Å². The number of carbonyl (C=O) groups is 2. The minimum absolute atomic E-state index is 0.0477. The van der Waals surface area contributed by atoms with E-state index in [1.165, 1.54) is 0 Å². The number of nitrogens with two attached hydrogens (primary N) is 1. The molecule has 4 N–H and O–H groups in total. The zero-order valence-corrected chi connectivity index (χ0v) is 9.37. The fraction of sp³-hybridized carbons (Fsp3) is 0.750. The van der Waals surface area contributed by atoms with Crippen LogP contribution in [0.1, 0.15) is 12.8 Å². The van der Waals surface area contributed by atoms with E-state index in [9.17, 15) is 18.0 Å². The molecule has 0 aromatic heterocycles. The van der Waals surface area contributed by atoms with Crippen LogP contribution in [0.3, 0.4) is 0 Å². The van der Waals surface area contributed by atoms with Crippen molar-refractivity contribution in [3.05, 3.63) is 0 Å². The molecule has 2 atom stereocenters. The number of hydrogen-bond acceptors (Lipinski definition) is 5. The minimum Gasteiger partial charge on any atom is -0.481 e. The Balaban J connectivity index is 2.44. The third kappa shape index (κ3) is 3.78. The summed E-state index contributed by atoms with van der Waals surface area (Å²) in [5.74, 6) is -1.84. The molecule has 0 aromatic rings. The summed E-state index contributed by atoms with van der Waals surface area (Å²) < 4.78 is 22.2. The predicted octanol–water partition coefficient (Wildman–Crippen LogP) is -1.91. The van der Waals surface area contributed by atoms with Crippen LogP contribution in [0.2, 0.25) is 0 Å². The van der Waals surface area contributed by atoms with Gasteiger partial charge in [0.2, 0.25) is 5.91 Å². The highest BCUT2D eigenvalue weighted by Crippen LogP contribution is 2.11. The molecule has 0 aromatic carbocycles. The molecule has 2 unspecified atom stereocenters. The summed E-state index contributed by atoms with van der Waals surface area (Å²) in [6.07, 6.45) is -0.112. The minimum atomic E-state index is -3.06. The third-order valence-electron chi connectivity index (χ3n) is 2.31. The van der Waals surface area contributed by atoms with Crippen molar-refractivity contribution in [3.8, 4) is 0 Å². The maximum atomic E-state index is 11.4. The topological polar surface area (TPSA) is 127 Å². The molecule has 92 valence electrons. The first-order valence-electron chi connectivity index (χ1n) is 4.78. The smallest absolute Gasteiger partial charge is 0.305 e. The number of sulfone groups is 1. The van der Waals surface area contributed by atoms with Gasteiger partial charge >= 0.3 is 5.97 Å². The van der Waals surface area contributed by atoms with Crippen molar-refractivity contribution in [2.24, 2.45) is 5.73 Å². The number of aliphatic carboxylic acids is 1. The molecule has 1 amide bonds. The maximum Gasteiger partial charge on any atom is 0.305 e. The van der Waals surface area contributed by atoms with Crippen molar-refractivity contribution in [1.82, 2.24) is 5.32 Å². The van der Waals surface area contributed by atoms with Crippen LogP contribution < -0.4 is 11.1 Å². The predicted molar refractivity (Wildman–Crippen MR) is 55.4 cm³/mol. The summed E-state index contributed by atoms with van der Waals surface area (Å²) in [4.78, 5) is 21.6. The quantitative estimate of drug-likeness (QED) is 0.534. The van der Waals surface area contributed by atoms with Crippen LogP contribution in [0.4, 0.5) is 0 Å². The molecule has 0 aliphatic carbocycles. The van der Waals surface area contributed by atoms with E-state index in [0.29, 0.717) is 6.42 Å². The number of carboxylic acids is 1. The van der Waals surface area contributed by atoms with Gasteiger partial charge in [-0.25, -0.2) is 8.42 Å². The summed E-state index contributed by atoms with van der Waals surface area (Å²) in [5, 5.41) is 10.9. The van der Waals surface area contributed by atoms with E-state index in [2.05, 4.69) is 5.32 Å². The maximum absolute atomic E-state index is 11.4. The monoisotopic (exact) mass is 250 g/mol. The van der Waals surface area contributed by atoms with Crippen molar-refractivity contribution in [1.29, 1.82) is 0 Å². The van der Waals surface area contributed by atoms with Gasteiger partial charge in [0.1, 0.15) is 0 Å². The van der Waals surface area contributed by atoms with E-state index in [0.717, 1.165) is 0 Å². The van der Waals surface area contributed by atoms with E-state index in [1.54, 1.807) is 0 Å². The normalized spacial score (nSPS) is 24.9. The summed E-state index contributed by atoms with van der Waals surface area (Å²) in [5.41, 5.74) is 5.32. The molecule has 1 heterocycles. The second kappa shape index (κ2) is 4.79. The first kappa shape index (κ1) is 12.9. The number of rotatable bonds is 4. The SMILES string of the molecule is NC(CC(=O)O)C(=O)NC1CCS(=O)(=O)C1. The lowest BCUT2D eigenvalue weighted by Crippen LogP contribution is -2.46. The fourth-order valence-corrected chi connectivity index (χ4v) is 3.17. The molecule has 0 bridgehead atoms. The molecule has 1 aliphatic heterocycles. The van der Waals surface area contributed by atoms with Gasteiger partial charge in [-0.15, -0.1) is 0 Å². The summed E-state index contributed by atoms with van der Waals surface area (Å²) in [6.45, 7) is 0. The third-order valence-corrected chi connectivity index (χ3v) is 4.08. The van der Waals surface area contributed by atoms with E-state index < -0.39 is 40.2 Å². The van der Waals surface area contributed by atoms with Crippen molar-refractivity contribution in [3.63, 3.8) is 0 Å². The number of hydrogen-bond donors (Lipinski definition) is 3. The highest BCUT2D eigenvalue weighted by Gasteiger charge is 2.30. The van der Waals surface area contributed by atoms with Gasteiger partial charge in [-0.05, 0) is 6.42 Å². The zero-order chi connectivity index (χ0) is 12.3. The second-order valence-corrected chi connectivity index (χ2v) is 6.04. The van der Waals surface area contributed by atoms with Crippen molar-refractivity contribution < 1.29 is 23.1 Å². The van der Waals surface area contributed by atoms with Crippen LogP contribution in [-0.4, -0.2) is 49.0 Å². The van der Waals surface area contributed by atoms with Gasteiger partial charge in [-0.2, -0.15) is 0 Å². The van der Waals surface area contributed by atoms with Gasteiger partial charge in [-0.1, -0.05) is 0 Å². The Labute approximate surface area is 92.9 Å². The lowest BCUT2D eigenvalue weighted by Gasteiger charge is -2.14. The zero-order valence-electron chi connectivity index (χ0n) is 8.55. The van der Waals surface area contributed by atoms with E-state index in [4.69, 9.17) is 10.8 Å². The first-order valence-corrected chi connectivity index (χ1v) is 6.60. The van der Waals surface area contributed by atoms with Gasteiger partial charge in [0, 0.05) is 6.04 Å². The van der Waals surface area contributed by atoms with Crippen molar-refractivity contribution in [2.75, 3.05) is 11.5 Å². The highest BCUT2D eigenvalue weighted by molar-refractivity contribution is 7.91.